The Morgan fingerprint density at radius 1 is 1.43 bits per heavy atom. The Bertz CT molecular complexity index is 224. The van der Waals surface area contributed by atoms with Crippen molar-refractivity contribution in [3.05, 3.63) is 0 Å². The molecule has 1 saturated heterocycles. The van der Waals surface area contributed by atoms with Crippen LogP contribution in [0.1, 0.15) is 33.1 Å². The third-order valence-electron chi connectivity index (χ3n) is 4.75. The predicted octanol–water partition coefficient (Wildman–Crippen LogP) is 1.70. The van der Waals surface area contributed by atoms with Crippen LogP contribution >= 0.6 is 0 Å². The van der Waals surface area contributed by atoms with Gasteiger partial charge in [0.15, 0.2) is 0 Å². The fourth-order valence-electron chi connectivity index (χ4n) is 3.57. The Kier molecular flexibility index (Phi) is 2.39. The fraction of sp³-hybridized carbons (Fsp3) is 1.00. The minimum absolute atomic E-state index is 0.474. The molecule has 0 amide bonds. The van der Waals surface area contributed by atoms with Crippen molar-refractivity contribution in [2.24, 2.45) is 22.5 Å². The summed E-state index contributed by atoms with van der Waals surface area (Å²) >= 11 is 0. The topological polar surface area (TPSA) is 29.3 Å². The Balaban J connectivity index is 2.07. The van der Waals surface area contributed by atoms with E-state index in [9.17, 15) is 0 Å². The first-order valence-electron chi connectivity index (χ1n) is 5.90. The fourth-order valence-corrected chi connectivity index (χ4v) is 3.57. The van der Waals surface area contributed by atoms with Crippen LogP contribution in [0.5, 0.6) is 0 Å². The van der Waals surface area contributed by atoms with Gasteiger partial charge in [0.2, 0.25) is 0 Å². The molecule has 2 fully saturated rings. The summed E-state index contributed by atoms with van der Waals surface area (Å²) in [4.78, 5) is 2.47. The number of piperidine rings is 1. The second kappa shape index (κ2) is 3.21. The molecule has 82 valence electrons. The van der Waals surface area contributed by atoms with Gasteiger partial charge in [0.05, 0.1) is 0 Å². The maximum absolute atomic E-state index is 6.00. The molecule has 2 N–H and O–H groups in total. The zero-order valence-corrected chi connectivity index (χ0v) is 9.84. The minimum Gasteiger partial charge on any atom is -0.330 e. The molecular formula is C12H24N2. The Hall–Kier alpha value is -0.0800. The van der Waals surface area contributed by atoms with Gasteiger partial charge in [0.25, 0.3) is 0 Å². The number of rotatable bonds is 2. The standard InChI is InChI=1S/C12H24N2/c1-11(2)8-12(11,9-13)10-5-4-6-14(3)7-10/h10H,4-9,13H2,1-3H3. The lowest BCUT2D eigenvalue weighted by atomic mass is 9.78. The minimum atomic E-state index is 0.474. The zero-order valence-electron chi connectivity index (χ0n) is 9.84. The molecule has 1 heterocycles. The van der Waals surface area contributed by atoms with Crippen molar-refractivity contribution >= 4 is 0 Å². The maximum Gasteiger partial charge on any atom is 0.00126 e. The van der Waals surface area contributed by atoms with E-state index in [-0.39, 0.29) is 0 Å². The molecule has 0 aromatic heterocycles. The lowest BCUT2D eigenvalue weighted by molar-refractivity contribution is 0.127. The van der Waals surface area contributed by atoms with Gasteiger partial charge in [-0.15, -0.1) is 0 Å². The summed E-state index contributed by atoms with van der Waals surface area (Å²) in [6, 6.07) is 0. The molecule has 2 heteroatoms. The van der Waals surface area contributed by atoms with Crippen molar-refractivity contribution in [3.8, 4) is 0 Å². The van der Waals surface area contributed by atoms with Gasteiger partial charge in [-0.1, -0.05) is 13.8 Å². The monoisotopic (exact) mass is 196 g/mol. The van der Waals surface area contributed by atoms with Crippen LogP contribution in [-0.2, 0) is 0 Å². The van der Waals surface area contributed by atoms with Crippen LogP contribution in [0.4, 0.5) is 0 Å². The summed E-state index contributed by atoms with van der Waals surface area (Å²) < 4.78 is 0. The molecule has 0 radical (unpaired) electrons. The average Bonchev–Trinajstić information content (AvgIpc) is 2.70. The van der Waals surface area contributed by atoms with Crippen LogP contribution in [0, 0.1) is 16.7 Å². The molecule has 2 nitrogen and oxygen atoms in total. The lowest BCUT2D eigenvalue weighted by Gasteiger charge is -2.37. The van der Waals surface area contributed by atoms with E-state index < -0.39 is 0 Å². The highest BCUT2D eigenvalue weighted by Crippen LogP contribution is 2.67. The molecule has 2 aliphatic rings. The summed E-state index contributed by atoms with van der Waals surface area (Å²) in [6.07, 6.45) is 4.10. The van der Waals surface area contributed by atoms with E-state index in [0.717, 1.165) is 12.5 Å². The van der Waals surface area contributed by atoms with Crippen molar-refractivity contribution in [1.82, 2.24) is 4.90 Å². The number of likely N-dealkylation sites (tertiary alicyclic amines) is 1. The second-order valence-corrected chi connectivity index (χ2v) is 6.02. The van der Waals surface area contributed by atoms with Crippen LogP contribution in [0.25, 0.3) is 0 Å². The van der Waals surface area contributed by atoms with Crippen LogP contribution in [0.15, 0.2) is 0 Å². The number of nitrogens with zero attached hydrogens (tertiary/aromatic N) is 1. The maximum atomic E-state index is 6.00. The molecule has 2 atom stereocenters. The van der Waals surface area contributed by atoms with E-state index in [1.165, 1.54) is 32.4 Å². The van der Waals surface area contributed by atoms with E-state index in [0.29, 0.717) is 10.8 Å². The van der Waals surface area contributed by atoms with E-state index in [1.54, 1.807) is 0 Å². The van der Waals surface area contributed by atoms with Gasteiger partial charge in [-0.2, -0.15) is 0 Å². The molecule has 14 heavy (non-hydrogen) atoms. The van der Waals surface area contributed by atoms with Crippen molar-refractivity contribution in [1.29, 1.82) is 0 Å². The summed E-state index contributed by atoms with van der Waals surface area (Å²) in [6.45, 7) is 8.19. The highest BCUT2D eigenvalue weighted by atomic mass is 15.1. The smallest absolute Gasteiger partial charge is 0.00126 e. The molecule has 0 aromatic rings. The van der Waals surface area contributed by atoms with E-state index in [2.05, 4.69) is 25.8 Å². The summed E-state index contributed by atoms with van der Waals surface area (Å²) in [7, 11) is 2.24. The number of hydrogen-bond donors (Lipinski definition) is 1. The highest BCUT2D eigenvalue weighted by molar-refractivity contribution is 5.13. The zero-order chi connectivity index (χ0) is 10.4. The quantitative estimate of drug-likeness (QED) is 0.728. The molecule has 1 aliphatic heterocycles. The Labute approximate surface area is 87.8 Å². The molecule has 0 bridgehead atoms. The largest absolute Gasteiger partial charge is 0.330 e. The summed E-state index contributed by atoms with van der Waals surface area (Å²) in [5, 5.41) is 0. The Morgan fingerprint density at radius 2 is 2.07 bits per heavy atom. The van der Waals surface area contributed by atoms with Crippen LogP contribution in [-0.4, -0.2) is 31.6 Å². The first-order chi connectivity index (χ1) is 6.52. The third kappa shape index (κ3) is 1.40. The van der Waals surface area contributed by atoms with Gasteiger partial charge >= 0.3 is 0 Å². The third-order valence-corrected chi connectivity index (χ3v) is 4.75. The molecule has 2 rings (SSSR count). The van der Waals surface area contributed by atoms with Crippen LogP contribution in [0.2, 0.25) is 0 Å². The predicted molar refractivity (Wildman–Crippen MR) is 60.1 cm³/mol. The van der Waals surface area contributed by atoms with E-state index >= 15 is 0 Å². The molecular weight excluding hydrogens is 172 g/mol. The first-order valence-corrected chi connectivity index (χ1v) is 5.90. The Morgan fingerprint density at radius 3 is 2.50 bits per heavy atom. The van der Waals surface area contributed by atoms with Crippen molar-refractivity contribution in [3.63, 3.8) is 0 Å². The molecule has 1 saturated carbocycles. The van der Waals surface area contributed by atoms with Crippen LogP contribution < -0.4 is 5.73 Å². The SMILES string of the molecule is CN1CCCC(C2(CN)CC2(C)C)C1. The van der Waals surface area contributed by atoms with Gasteiger partial charge in [0.1, 0.15) is 0 Å². The first kappa shape index (κ1) is 10.4. The van der Waals surface area contributed by atoms with Gasteiger partial charge in [0, 0.05) is 6.54 Å². The lowest BCUT2D eigenvalue weighted by Crippen LogP contribution is -2.41. The normalized spacial score (nSPS) is 42.4. The van der Waals surface area contributed by atoms with E-state index in [1.807, 2.05) is 0 Å². The van der Waals surface area contributed by atoms with Crippen molar-refractivity contribution in [2.45, 2.75) is 33.1 Å². The van der Waals surface area contributed by atoms with Crippen molar-refractivity contribution < 1.29 is 0 Å². The number of nitrogens with two attached hydrogens (primary N) is 1. The molecule has 2 unspecified atom stereocenters. The highest BCUT2D eigenvalue weighted by Gasteiger charge is 2.63. The van der Waals surface area contributed by atoms with Gasteiger partial charge in [-0.05, 0) is 56.1 Å². The van der Waals surface area contributed by atoms with Gasteiger partial charge in [-0.3, -0.25) is 0 Å². The molecule has 0 spiro atoms. The van der Waals surface area contributed by atoms with Crippen molar-refractivity contribution in [2.75, 3.05) is 26.7 Å². The van der Waals surface area contributed by atoms with Crippen LogP contribution in [0.3, 0.4) is 0 Å². The second-order valence-electron chi connectivity index (χ2n) is 6.02. The molecule has 1 aliphatic carbocycles. The summed E-state index contributed by atoms with van der Waals surface area (Å²) in [5.74, 6) is 0.848. The summed E-state index contributed by atoms with van der Waals surface area (Å²) in [5.41, 5.74) is 6.98. The molecule has 0 aromatic carbocycles. The number of hydrogen-bond acceptors (Lipinski definition) is 2. The average molecular weight is 196 g/mol. The van der Waals surface area contributed by atoms with Gasteiger partial charge < -0.3 is 10.6 Å². The van der Waals surface area contributed by atoms with Gasteiger partial charge in [-0.25, -0.2) is 0 Å². The van der Waals surface area contributed by atoms with E-state index in [4.69, 9.17) is 5.73 Å².